The van der Waals surface area contributed by atoms with Gasteiger partial charge in [0, 0.05) is 63.7 Å². The molecule has 0 spiro atoms. The van der Waals surface area contributed by atoms with Gasteiger partial charge in [-0.05, 0) is 0 Å². The summed E-state index contributed by atoms with van der Waals surface area (Å²) in [5.41, 5.74) is 0. The molecule has 0 unspecified atom stereocenters. The van der Waals surface area contributed by atoms with Crippen molar-refractivity contribution in [3.63, 3.8) is 0 Å². The SMILES string of the molecule is COP(OC)OC.COP(OC)OC.[C-]#[O+].[C-]#[O+].[C-]#[O+].[C-]#[O+].[Mo]. The van der Waals surface area contributed by atoms with Crippen LogP contribution < -0.4 is 0 Å². The molecule has 0 aromatic carbocycles. The Morgan fingerprint density at radius 3 is 0.522 bits per heavy atom. The molecular weight excluding hydrogens is 438 g/mol. The summed E-state index contributed by atoms with van der Waals surface area (Å²) in [6.07, 6.45) is 0. The van der Waals surface area contributed by atoms with Gasteiger partial charge >= 0.3 is 62.4 Å². The second-order valence-corrected chi connectivity index (χ2v) is 4.63. The molecule has 0 bridgehead atoms. The maximum absolute atomic E-state index is 7.50. The maximum atomic E-state index is 7.50. The Hall–Kier alpha value is 0.268. The van der Waals surface area contributed by atoms with E-state index in [2.05, 4.69) is 53.7 Å². The third-order valence-electron chi connectivity index (χ3n) is 0.894. The molecule has 10 nitrogen and oxygen atoms in total. The van der Waals surface area contributed by atoms with Crippen molar-refractivity contribution >= 4 is 17.2 Å². The van der Waals surface area contributed by atoms with Crippen LogP contribution in [0, 0.1) is 26.6 Å². The molecule has 0 heterocycles. The summed E-state index contributed by atoms with van der Waals surface area (Å²) in [4.78, 5) is 0. The first kappa shape index (κ1) is 43.6. The topological polar surface area (TPSA) is 135 Å². The van der Waals surface area contributed by atoms with Crippen LogP contribution in [0.5, 0.6) is 0 Å². The molecular formula is C10H18MoO10P2. The molecule has 134 valence electrons. The van der Waals surface area contributed by atoms with E-state index in [-0.39, 0.29) is 21.1 Å². The standard InChI is InChI=1S/2C3H9O3P.4CO.Mo/c2*1-4-7(5-2)6-3;4*1-2;/h2*1-3H3;;;;;. The zero-order chi connectivity index (χ0) is 19.4. The van der Waals surface area contributed by atoms with Crippen molar-refractivity contribution in [3.05, 3.63) is 26.6 Å². The van der Waals surface area contributed by atoms with Crippen LogP contribution in [-0.4, -0.2) is 42.7 Å². The molecule has 0 amide bonds. The summed E-state index contributed by atoms with van der Waals surface area (Å²) in [6.45, 7) is 18.0. The Kier molecular flexibility index (Phi) is 127. The van der Waals surface area contributed by atoms with Crippen LogP contribution in [0.3, 0.4) is 0 Å². The zero-order valence-electron chi connectivity index (χ0n) is 13.4. The second kappa shape index (κ2) is 66.9. The molecule has 0 aliphatic rings. The Morgan fingerprint density at radius 2 is 0.522 bits per heavy atom. The van der Waals surface area contributed by atoms with E-state index in [4.69, 9.17) is 18.6 Å². The number of hydrogen-bond donors (Lipinski definition) is 0. The summed E-state index contributed by atoms with van der Waals surface area (Å²) in [7, 11) is 7.13. The van der Waals surface area contributed by atoms with Gasteiger partial charge in [-0.15, -0.1) is 0 Å². The van der Waals surface area contributed by atoms with Gasteiger partial charge in [0.2, 0.25) is 0 Å². The summed E-state index contributed by atoms with van der Waals surface area (Å²) >= 11 is 0. The molecule has 0 aliphatic carbocycles. The van der Waals surface area contributed by atoms with Gasteiger partial charge in [-0.3, -0.25) is 0 Å². The fourth-order valence-electron chi connectivity index (χ4n) is 0.447. The van der Waals surface area contributed by atoms with Crippen molar-refractivity contribution in [2.75, 3.05) is 42.7 Å². The Balaban J connectivity index is -0.0000000301. The molecule has 0 aromatic rings. The van der Waals surface area contributed by atoms with E-state index < -0.39 is 17.2 Å². The number of rotatable bonds is 6. The fraction of sp³-hybridized carbons (Fsp3) is 0.600. The van der Waals surface area contributed by atoms with E-state index in [1.807, 2.05) is 0 Å². The van der Waals surface area contributed by atoms with E-state index in [1.54, 1.807) is 42.7 Å². The van der Waals surface area contributed by atoms with Gasteiger partial charge in [-0.1, -0.05) is 0 Å². The van der Waals surface area contributed by atoms with Gasteiger partial charge in [0.1, 0.15) is 0 Å². The maximum Gasteiger partial charge on any atom is 0 e. The van der Waals surface area contributed by atoms with Crippen molar-refractivity contribution in [3.8, 4) is 0 Å². The van der Waals surface area contributed by atoms with Crippen molar-refractivity contribution in [1.82, 2.24) is 0 Å². The third kappa shape index (κ3) is 60.8. The summed E-state index contributed by atoms with van der Waals surface area (Å²) in [5, 5.41) is 0. The average molecular weight is 456 g/mol. The zero-order valence-corrected chi connectivity index (χ0v) is 17.2. The van der Waals surface area contributed by atoms with Crippen LogP contribution in [0.2, 0.25) is 0 Å². The van der Waals surface area contributed by atoms with E-state index in [0.29, 0.717) is 0 Å². The quantitative estimate of drug-likeness (QED) is 0.260. The van der Waals surface area contributed by atoms with E-state index in [9.17, 15) is 0 Å². The molecule has 0 aliphatic heterocycles. The average Bonchev–Trinajstić information content (AvgIpc) is 2.65. The monoisotopic (exact) mass is 458 g/mol. The van der Waals surface area contributed by atoms with Crippen LogP contribution in [0.1, 0.15) is 0 Å². The van der Waals surface area contributed by atoms with Gasteiger partial charge in [0.25, 0.3) is 0 Å². The summed E-state index contributed by atoms with van der Waals surface area (Å²) in [6, 6.07) is 0. The second-order valence-electron chi connectivity index (χ2n) is 1.54. The first-order valence-corrected chi connectivity index (χ1v) is 6.55. The first-order valence-electron chi connectivity index (χ1n) is 4.36. The molecule has 13 heteroatoms. The number of hydrogen-bond acceptors (Lipinski definition) is 6. The van der Waals surface area contributed by atoms with Gasteiger partial charge in [-0.2, -0.15) is 0 Å². The predicted molar refractivity (Wildman–Crippen MR) is 71.6 cm³/mol. The van der Waals surface area contributed by atoms with Gasteiger partial charge in [0.05, 0.1) is 0 Å². The minimum atomic E-state index is -1.05. The molecule has 23 heavy (non-hydrogen) atoms. The summed E-state index contributed by atoms with van der Waals surface area (Å²) in [5.74, 6) is 0. The molecule has 0 N–H and O–H groups in total. The first-order chi connectivity index (χ1) is 10.7. The molecule has 0 saturated heterocycles. The minimum absolute atomic E-state index is 0. The van der Waals surface area contributed by atoms with Gasteiger partial charge < -0.3 is 27.1 Å². The van der Waals surface area contributed by atoms with Crippen LogP contribution >= 0.6 is 17.2 Å². The van der Waals surface area contributed by atoms with Crippen LogP contribution in [0.4, 0.5) is 0 Å². The smallest absolute Gasteiger partial charge is 0 e. The van der Waals surface area contributed by atoms with Gasteiger partial charge in [0.15, 0.2) is 0 Å². The third-order valence-corrected chi connectivity index (χ3v) is 2.68. The molecule has 0 aromatic heterocycles. The van der Waals surface area contributed by atoms with E-state index in [0.717, 1.165) is 0 Å². The molecule has 0 atom stereocenters. The molecule has 0 saturated carbocycles. The van der Waals surface area contributed by atoms with Crippen molar-refractivity contribution < 1.29 is 66.8 Å². The Morgan fingerprint density at radius 1 is 0.435 bits per heavy atom. The fourth-order valence-corrected chi connectivity index (χ4v) is 1.34. The van der Waals surface area contributed by atoms with Gasteiger partial charge in [-0.25, -0.2) is 0 Å². The van der Waals surface area contributed by atoms with Crippen LogP contribution in [-0.2, 0) is 66.8 Å². The van der Waals surface area contributed by atoms with Crippen molar-refractivity contribution in [2.24, 2.45) is 0 Å². The predicted octanol–water partition coefficient (Wildman–Crippen LogP) is 2.15. The van der Waals surface area contributed by atoms with Crippen LogP contribution in [0.25, 0.3) is 0 Å². The molecule has 0 fully saturated rings. The molecule has 0 radical (unpaired) electrons. The van der Waals surface area contributed by atoms with Crippen molar-refractivity contribution in [2.45, 2.75) is 0 Å². The molecule has 0 rings (SSSR count). The van der Waals surface area contributed by atoms with Crippen molar-refractivity contribution in [1.29, 1.82) is 0 Å². The Labute approximate surface area is 153 Å². The largest absolute Gasteiger partial charge is 0 e. The Bertz CT molecular complexity index is 182. The summed E-state index contributed by atoms with van der Waals surface area (Å²) < 4.78 is 58.0. The van der Waals surface area contributed by atoms with E-state index in [1.165, 1.54) is 0 Å². The minimum Gasteiger partial charge on any atom is 0 e. The normalized spacial score (nSPS) is 6.61. The van der Waals surface area contributed by atoms with Crippen LogP contribution in [0.15, 0.2) is 0 Å². The van der Waals surface area contributed by atoms with E-state index >= 15 is 0 Å².